The Labute approximate surface area is 121 Å². The van der Waals surface area contributed by atoms with Crippen LogP contribution in [0.2, 0.25) is 0 Å². The zero-order valence-electron chi connectivity index (χ0n) is 12.9. The molecule has 0 saturated carbocycles. The molecule has 1 aliphatic rings. The van der Waals surface area contributed by atoms with Gasteiger partial charge in [0.25, 0.3) is 0 Å². The predicted molar refractivity (Wildman–Crippen MR) is 82.9 cm³/mol. The van der Waals surface area contributed by atoms with E-state index in [0.29, 0.717) is 6.04 Å². The molecule has 0 spiro atoms. The first-order valence-electron chi connectivity index (χ1n) is 7.34. The first-order chi connectivity index (χ1) is 8.93. The molecule has 2 heterocycles. The fourth-order valence-electron chi connectivity index (χ4n) is 2.92. The van der Waals surface area contributed by atoms with Crippen molar-refractivity contribution in [3.8, 4) is 0 Å². The Morgan fingerprint density at radius 2 is 2.00 bits per heavy atom. The van der Waals surface area contributed by atoms with Gasteiger partial charge >= 0.3 is 0 Å². The molecule has 2 rings (SSSR count). The second kappa shape index (κ2) is 5.90. The first-order valence-corrected chi connectivity index (χ1v) is 8.15. The summed E-state index contributed by atoms with van der Waals surface area (Å²) in [5, 5.41) is 5.13. The topological polar surface area (TPSA) is 28.2 Å². The molecule has 1 unspecified atom stereocenters. The summed E-state index contributed by atoms with van der Waals surface area (Å²) >= 11 is 1.88. The van der Waals surface area contributed by atoms with E-state index in [9.17, 15) is 0 Å². The van der Waals surface area contributed by atoms with Crippen molar-refractivity contribution in [3.63, 3.8) is 0 Å². The molecule has 4 heteroatoms. The second-order valence-electron chi connectivity index (χ2n) is 6.20. The van der Waals surface area contributed by atoms with Gasteiger partial charge < -0.3 is 10.2 Å². The number of hydrogen-bond donors (Lipinski definition) is 1. The summed E-state index contributed by atoms with van der Waals surface area (Å²) in [5.41, 5.74) is 1.28. The highest BCUT2D eigenvalue weighted by molar-refractivity contribution is 7.11. The Balaban J connectivity index is 2.33. The van der Waals surface area contributed by atoms with E-state index < -0.39 is 0 Å². The monoisotopic (exact) mass is 281 g/mol. The Kier molecular flexibility index (Phi) is 4.64. The van der Waals surface area contributed by atoms with Crippen molar-refractivity contribution in [2.24, 2.45) is 0 Å². The highest BCUT2D eigenvalue weighted by Gasteiger charge is 2.37. The fourth-order valence-corrected chi connectivity index (χ4v) is 4.04. The number of aryl methyl sites for hydroxylation is 2. The summed E-state index contributed by atoms with van der Waals surface area (Å²) < 4.78 is 0. The molecule has 19 heavy (non-hydrogen) atoms. The molecule has 0 radical (unpaired) electrons. The van der Waals surface area contributed by atoms with Crippen LogP contribution in [0.1, 0.15) is 48.7 Å². The number of thiazole rings is 1. The molecule has 0 aliphatic carbocycles. The molecule has 1 aliphatic heterocycles. The van der Waals surface area contributed by atoms with E-state index in [0.717, 1.165) is 13.0 Å². The SMILES string of the molecule is Cc1nc(C2(NC(C)C)CCCN(C)CC2)sc1C. The fraction of sp³-hybridized carbons (Fsp3) is 0.800. The summed E-state index contributed by atoms with van der Waals surface area (Å²) in [6.45, 7) is 11.1. The highest BCUT2D eigenvalue weighted by atomic mass is 32.1. The van der Waals surface area contributed by atoms with Crippen LogP contribution in [-0.2, 0) is 5.54 Å². The average Bonchev–Trinajstić information content (AvgIpc) is 2.55. The van der Waals surface area contributed by atoms with Crippen LogP contribution < -0.4 is 5.32 Å². The summed E-state index contributed by atoms with van der Waals surface area (Å²) in [6.07, 6.45) is 3.60. The average molecular weight is 281 g/mol. The van der Waals surface area contributed by atoms with Crippen LogP contribution >= 0.6 is 11.3 Å². The van der Waals surface area contributed by atoms with Gasteiger partial charge in [0.15, 0.2) is 0 Å². The first kappa shape index (κ1) is 14.9. The van der Waals surface area contributed by atoms with E-state index in [2.05, 4.69) is 45.0 Å². The number of hydrogen-bond acceptors (Lipinski definition) is 4. The zero-order valence-corrected chi connectivity index (χ0v) is 13.7. The third-order valence-electron chi connectivity index (χ3n) is 4.07. The maximum atomic E-state index is 4.86. The Bertz CT molecular complexity index is 408. The smallest absolute Gasteiger partial charge is 0.113 e. The van der Waals surface area contributed by atoms with Crippen molar-refractivity contribution in [2.75, 3.05) is 20.1 Å². The van der Waals surface area contributed by atoms with Crippen molar-refractivity contribution < 1.29 is 0 Å². The molecule has 3 nitrogen and oxygen atoms in total. The zero-order chi connectivity index (χ0) is 14.0. The van der Waals surface area contributed by atoms with Crippen LogP contribution in [0.5, 0.6) is 0 Å². The second-order valence-corrected chi connectivity index (χ2v) is 7.40. The maximum Gasteiger partial charge on any atom is 0.113 e. The van der Waals surface area contributed by atoms with Gasteiger partial charge in [0.1, 0.15) is 5.01 Å². The number of nitrogens with zero attached hydrogens (tertiary/aromatic N) is 2. The molecule has 108 valence electrons. The summed E-state index contributed by atoms with van der Waals surface area (Å²) in [6, 6.07) is 0.493. The molecular formula is C15H27N3S. The van der Waals surface area contributed by atoms with E-state index in [1.807, 2.05) is 11.3 Å². The number of likely N-dealkylation sites (tertiary alicyclic amines) is 1. The molecule has 1 saturated heterocycles. The normalized spacial score (nSPS) is 25.8. The molecule has 1 atom stereocenters. The molecule has 1 aromatic heterocycles. The van der Waals surface area contributed by atoms with Crippen LogP contribution in [0.4, 0.5) is 0 Å². The number of rotatable bonds is 3. The van der Waals surface area contributed by atoms with Gasteiger partial charge in [-0.25, -0.2) is 4.98 Å². The van der Waals surface area contributed by atoms with Crippen molar-refractivity contribution in [1.29, 1.82) is 0 Å². The Morgan fingerprint density at radius 3 is 2.58 bits per heavy atom. The van der Waals surface area contributed by atoms with Gasteiger partial charge in [-0.2, -0.15) is 0 Å². The van der Waals surface area contributed by atoms with Crippen molar-refractivity contribution in [1.82, 2.24) is 15.2 Å². The van der Waals surface area contributed by atoms with E-state index in [4.69, 9.17) is 4.98 Å². The van der Waals surface area contributed by atoms with Gasteiger partial charge in [-0.15, -0.1) is 11.3 Å². The van der Waals surface area contributed by atoms with Crippen molar-refractivity contribution >= 4 is 11.3 Å². The Hall–Kier alpha value is -0.450. The largest absolute Gasteiger partial charge is 0.306 e. The van der Waals surface area contributed by atoms with Crippen LogP contribution in [0.3, 0.4) is 0 Å². The van der Waals surface area contributed by atoms with Gasteiger partial charge in [-0.1, -0.05) is 0 Å². The lowest BCUT2D eigenvalue weighted by Gasteiger charge is -2.34. The number of aromatic nitrogens is 1. The minimum absolute atomic E-state index is 0.0859. The van der Waals surface area contributed by atoms with Gasteiger partial charge in [-0.3, -0.25) is 0 Å². The van der Waals surface area contributed by atoms with Crippen LogP contribution in [-0.4, -0.2) is 36.1 Å². The summed E-state index contributed by atoms with van der Waals surface area (Å²) in [4.78, 5) is 8.66. The minimum Gasteiger partial charge on any atom is -0.306 e. The Morgan fingerprint density at radius 1 is 1.26 bits per heavy atom. The van der Waals surface area contributed by atoms with E-state index >= 15 is 0 Å². The molecule has 0 bridgehead atoms. The van der Waals surface area contributed by atoms with Gasteiger partial charge in [0, 0.05) is 17.5 Å². The number of nitrogens with one attached hydrogen (secondary N) is 1. The minimum atomic E-state index is 0.0859. The lowest BCUT2D eigenvalue weighted by atomic mass is 9.90. The molecule has 1 aromatic rings. The molecular weight excluding hydrogens is 254 g/mol. The molecule has 0 aromatic carbocycles. The van der Waals surface area contributed by atoms with E-state index in [-0.39, 0.29) is 5.54 Å². The van der Waals surface area contributed by atoms with Crippen LogP contribution in [0, 0.1) is 13.8 Å². The van der Waals surface area contributed by atoms with Crippen LogP contribution in [0.15, 0.2) is 0 Å². The van der Waals surface area contributed by atoms with Gasteiger partial charge in [0.05, 0.1) is 11.2 Å². The lowest BCUT2D eigenvalue weighted by molar-refractivity contribution is 0.260. The molecule has 0 amide bonds. The third kappa shape index (κ3) is 3.36. The standard InChI is InChI=1S/C15H27N3S/c1-11(2)17-15(7-6-9-18(5)10-8-15)14-16-12(3)13(4)19-14/h11,17H,6-10H2,1-5H3. The third-order valence-corrected chi connectivity index (χ3v) is 5.34. The van der Waals surface area contributed by atoms with Gasteiger partial charge in [-0.05, 0) is 60.5 Å². The maximum absolute atomic E-state index is 4.86. The van der Waals surface area contributed by atoms with Crippen molar-refractivity contribution in [3.05, 3.63) is 15.6 Å². The summed E-state index contributed by atoms with van der Waals surface area (Å²) in [5.74, 6) is 0. The molecule has 1 fully saturated rings. The summed E-state index contributed by atoms with van der Waals surface area (Å²) in [7, 11) is 2.23. The van der Waals surface area contributed by atoms with Gasteiger partial charge in [0.2, 0.25) is 0 Å². The highest BCUT2D eigenvalue weighted by Crippen LogP contribution is 2.36. The van der Waals surface area contributed by atoms with Crippen molar-refractivity contribution in [2.45, 2.75) is 58.5 Å². The van der Waals surface area contributed by atoms with E-state index in [1.165, 1.54) is 35.0 Å². The lowest BCUT2D eigenvalue weighted by Crippen LogP contribution is -2.46. The van der Waals surface area contributed by atoms with Crippen LogP contribution in [0.25, 0.3) is 0 Å². The van der Waals surface area contributed by atoms with E-state index in [1.54, 1.807) is 0 Å². The molecule has 1 N–H and O–H groups in total. The predicted octanol–water partition coefficient (Wildman–Crippen LogP) is 3.07. The quantitative estimate of drug-likeness (QED) is 0.923.